The molecule has 0 saturated carbocycles. The molecule has 0 spiro atoms. The van der Waals surface area contributed by atoms with Crippen molar-refractivity contribution < 1.29 is 0 Å². The first-order chi connectivity index (χ1) is 5.31. The molecule has 0 radical (unpaired) electrons. The van der Waals surface area contributed by atoms with Gasteiger partial charge in [-0.2, -0.15) is 0 Å². The zero-order valence-corrected chi connectivity index (χ0v) is 8.11. The monoisotopic (exact) mass is 155 g/mol. The summed E-state index contributed by atoms with van der Waals surface area (Å²) in [6.45, 7) is 7.55. The molecule has 0 rings (SSSR count). The van der Waals surface area contributed by atoms with E-state index in [-0.39, 0.29) is 0 Å². The Kier molecular flexibility index (Phi) is 7.33. The van der Waals surface area contributed by atoms with Crippen LogP contribution in [0.25, 0.3) is 0 Å². The van der Waals surface area contributed by atoms with Crippen LogP contribution in [-0.4, -0.2) is 6.54 Å². The van der Waals surface area contributed by atoms with Crippen LogP contribution in [0.4, 0.5) is 0 Å². The fourth-order valence-electron chi connectivity index (χ4n) is 0.939. The van der Waals surface area contributed by atoms with E-state index in [1.807, 2.05) is 0 Å². The van der Waals surface area contributed by atoms with E-state index in [1.54, 1.807) is 0 Å². The van der Waals surface area contributed by atoms with Crippen molar-refractivity contribution in [1.82, 2.24) is 5.32 Å². The fraction of sp³-hybridized carbons (Fsp3) is 0.800. The standard InChI is InChI=1S/C10H21N/c1-4-6-7-8-9-11-10(3)5-2/h5,11H,4,6-9H2,1-3H3. The third-order valence-electron chi connectivity index (χ3n) is 1.87. The molecule has 0 fully saturated rings. The molecular formula is C10H21N. The first-order valence-electron chi connectivity index (χ1n) is 4.68. The highest BCUT2D eigenvalue weighted by Gasteiger charge is 1.87. The zero-order valence-electron chi connectivity index (χ0n) is 8.11. The molecule has 0 aromatic heterocycles. The van der Waals surface area contributed by atoms with Crippen molar-refractivity contribution in [2.75, 3.05) is 6.54 Å². The SMILES string of the molecule is CC=C(C)NCCCCCC. The summed E-state index contributed by atoms with van der Waals surface area (Å²) in [7, 11) is 0. The Morgan fingerprint density at radius 1 is 1.27 bits per heavy atom. The Hall–Kier alpha value is -0.460. The Bertz CT molecular complexity index is 105. The van der Waals surface area contributed by atoms with Crippen LogP contribution < -0.4 is 5.32 Å². The molecule has 0 saturated heterocycles. The summed E-state index contributed by atoms with van der Waals surface area (Å²) >= 11 is 0. The summed E-state index contributed by atoms with van der Waals surface area (Å²) in [5, 5.41) is 3.35. The minimum absolute atomic E-state index is 1.14. The molecule has 66 valence electrons. The quantitative estimate of drug-likeness (QED) is 0.581. The van der Waals surface area contributed by atoms with Gasteiger partial charge in [-0.25, -0.2) is 0 Å². The van der Waals surface area contributed by atoms with Gasteiger partial charge in [-0.3, -0.25) is 0 Å². The highest BCUT2D eigenvalue weighted by atomic mass is 14.9. The summed E-state index contributed by atoms with van der Waals surface area (Å²) in [5.74, 6) is 0. The van der Waals surface area contributed by atoms with Crippen LogP contribution in [-0.2, 0) is 0 Å². The summed E-state index contributed by atoms with van der Waals surface area (Å²) in [6.07, 6.45) is 7.47. The largest absolute Gasteiger partial charge is 0.389 e. The van der Waals surface area contributed by atoms with E-state index >= 15 is 0 Å². The number of nitrogens with one attached hydrogen (secondary N) is 1. The molecule has 0 aliphatic carbocycles. The maximum Gasteiger partial charge on any atom is 0.0143 e. The van der Waals surface area contributed by atoms with E-state index < -0.39 is 0 Å². The van der Waals surface area contributed by atoms with Crippen LogP contribution in [0.3, 0.4) is 0 Å². The second-order valence-corrected chi connectivity index (χ2v) is 2.96. The van der Waals surface area contributed by atoms with Gasteiger partial charge < -0.3 is 5.32 Å². The molecular weight excluding hydrogens is 134 g/mol. The van der Waals surface area contributed by atoms with Crippen LogP contribution >= 0.6 is 0 Å². The highest BCUT2D eigenvalue weighted by Crippen LogP contribution is 1.97. The van der Waals surface area contributed by atoms with E-state index in [0.29, 0.717) is 0 Å². The first kappa shape index (κ1) is 10.5. The van der Waals surface area contributed by atoms with Crippen molar-refractivity contribution in [2.45, 2.75) is 46.5 Å². The topological polar surface area (TPSA) is 12.0 Å². The Labute approximate surface area is 70.9 Å². The van der Waals surface area contributed by atoms with Crippen LogP contribution in [0.1, 0.15) is 46.5 Å². The van der Waals surface area contributed by atoms with Crippen molar-refractivity contribution >= 4 is 0 Å². The first-order valence-corrected chi connectivity index (χ1v) is 4.68. The highest BCUT2D eigenvalue weighted by molar-refractivity contribution is 4.91. The van der Waals surface area contributed by atoms with Gasteiger partial charge in [0.05, 0.1) is 0 Å². The smallest absolute Gasteiger partial charge is 0.0143 e. The molecule has 0 bridgehead atoms. The van der Waals surface area contributed by atoms with Gasteiger partial charge in [0.2, 0.25) is 0 Å². The van der Waals surface area contributed by atoms with Gasteiger partial charge in [-0.05, 0) is 20.3 Å². The lowest BCUT2D eigenvalue weighted by molar-refractivity contribution is 0.635. The van der Waals surface area contributed by atoms with Crippen molar-refractivity contribution in [1.29, 1.82) is 0 Å². The average Bonchev–Trinajstić information content (AvgIpc) is 2.04. The molecule has 0 aromatic rings. The number of rotatable bonds is 6. The van der Waals surface area contributed by atoms with Gasteiger partial charge in [0, 0.05) is 12.2 Å². The molecule has 0 heterocycles. The summed E-state index contributed by atoms with van der Waals surface area (Å²) < 4.78 is 0. The van der Waals surface area contributed by atoms with Gasteiger partial charge in [0.1, 0.15) is 0 Å². The lowest BCUT2D eigenvalue weighted by atomic mass is 10.2. The van der Waals surface area contributed by atoms with Gasteiger partial charge in [0.15, 0.2) is 0 Å². The van der Waals surface area contributed by atoms with Crippen LogP contribution in [0.2, 0.25) is 0 Å². The Balaban J connectivity index is 3.02. The van der Waals surface area contributed by atoms with E-state index in [4.69, 9.17) is 0 Å². The molecule has 0 unspecified atom stereocenters. The maximum atomic E-state index is 3.35. The molecule has 0 atom stereocenters. The third-order valence-corrected chi connectivity index (χ3v) is 1.87. The predicted octanol–water partition coefficient (Wildman–Crippen LogP) is 3.08. The summed E-state index contributed by atoms with van der Waals surface area (Å²) in [5.41, 5.74) is 1.29. The average molecular weight is 155 g/mol. The van der Waals surface area contributed by atoms with E-state index in [1.165, 1.54) is 31.4 Å². The fourth-order valence-corrected chi connectivity index (χ4v) is 0.939. The molecule has 11 heavy (non-hydrogen) atoms. The number of hydrogen-bond donors (Lipinski definition) is 1. The van der Waals surface area contributed by atoms with Crippen LogP contribution in [0.15, 0.2) is 11.8 Å². The summed E-state index contributed by atoms with van der Waals surface area (Å²) in [4.78, 5) is 0. The van der Waals surface area contributed by atoms with E-state index in [2.05, 4.69) is 32.2 Å². The van der Waals surface area contributed by atoms with Crippen molar-refractivity contribution in [2.24, 2.45) is 0 Å². The lowest BCUT2D eigenvalue weighted by Gasteiger charge is -2.04. The van der Waals surface area contributed by atoms with E-state index in [0.717, 1.165) is 6.54 Å². The molecule has 0 amide bonds. The zero-order chi connectivity index (χ0) is 8.53. The summed E-state index contributed by atoms with van der Waals surface area (Å²) in [6, 6.07) is 0. The van der Waals surface area contributed by atoms with Gasteiger partial charge in [-0.15, -0.1) is 0 Å². The van der Waals surface area contributed by atoms with Gasteiger partial charge in [0.25, 0.3) is 0 Å². The second kappa shape index (κ2) is 7.64. The van der Waals surface area contributed by atoms with E-state index in [9.17, 15) is 0 Å². The number of allylic oxidation sites excluding steroid dienone is 2. The molecule has 1 nitrogen and oxygen atoms in total. The van der Waals surface area contributed by atoms with Crippen molar-refractivity contribution in [3.63, 3.8) is 0 Å². The Morgan fingerprint density at radius 2 is 2.00 bits per heavy atom. The lowest BCUT2D eigenvalue weighted by Crippen LogP contribution is -2.11. The van der Waals surface area contributed by atoms with Gasteiger partial charge in [-0.1, -0.05) is 32.3 Å². The predicted molar refractivity (Wildman–Crippen MR) is 51.6 cm³/mol. The third kappa shape index (κ3) is 7.44. The molecule has 1 heteroatoms. The van der Waals surface area contributed by atoms with Crippen LogP contribution in [0, 0.1) is 0 Å². The normalized spacial score (nSPS) is 11.7. The molecule has 0 aromatic carbocycles. The number of unbranched alkanes of at least 4 members (excludes halogenated alkanes) is 3. The van der Waals surface area contributed by atoms with Crippen molar-refractivity contribution in [3.8, 4) is 0 Å². The minimum Gasteiger partial charge on any atom is -0.389 e. The molecule has 1 N–H and O–H groups in total. The maximum absolute atomic E-state index is 3.35. The second-order valence-electron chi connectivity index (χ2n) is 2.96. The Morgan fingerprint density at radius 3 is 2.55 bits per heavy atom. The van der Waals surface area contributed by atoms with Gasteiger partial charge >= 0.3 is 0 Å². The number of hydrogen-bond acceptors (Lipinski definition) is 1. The van der Waals surface area contributed by atoms with Crippen molar-refractivity contribution in [3.05, 3.63) is 11.8 Å². The molecule has 0 aliphatic heterocycles. The molecule has 0 aliphatic rings. The minimum atomic E-state index is 1.14. The van der Waals surface area contributed by atoms with Crippen LogP contribution in [0.5, 0.6) is 0 Å².